The minimum absolute atomic E-state index is 0.314. The summed E-state index contributed by atoms with van der Waals surface area (Å²) in [6.07, 6.45) is 1.42. The van der Waals surface area contributed by atoms with Gasteiger partial charge in [-0.3, -0.25) is 4.79 Å². The van der Waals surface area contributed by atoms with Crippen molar-refractivity contribution in [3.8, 4) is 0 Å². The molecule has 11 heavy (non-hydrogen) atoms. The fourth-order valence-corrected chi connectivity index (χ4v) is 1.55. The van der Waals surface area contributed by atoms with Crippen LogP contribution in [0.25, 0.3) is 0 Å². The van der Waals surface area contributed by atoms with Gasteiger partial charge >= 0.3 is 5.97 Å². The molecule has 2 atom stereocenters. The highest BCUT2D eigenvalue weighted by Crippen LogP contribution is 2.20. The third-order valence-corrected chi connectivity index (χ3v) is 2.42. The van der Waals surface area contributed by atoms with Gasteiger partial charge in [-0.25, -0.2) is 0 Å². The van der Waals surface area contributed by atoms with E-state index < -0.39 is 5.97 Å². The van der Waals surface area contributed by atoms with Crippen LogP contribution >= 0.6 is 0 Å². The van der Waals surface area contributed by atoms with Crippen LogP contribution in [0.15, 0.2) is 0 Å². The molecule has 3 nitrogen and oxygen atoms in total. The molecule has 1 saturated heterocycles. The monoisotopic (exact) mass is 157 g/mol. The van der Waals surface area contributed by atoms with Gasteiger partial charge in [0.15, 0.2) is 0 Å². The average Bonchev–Trinajstić information content (AvgIpc) is 1.93. The Morgan fingerprint density at radius 2 is 2.45 bits per heavy atom. The minimum Gasteiger partial charge on any atom is -0.481 e. The average molecular weight is 157 g/mol. The summed E-state index contributed by atoms with van der Waals surface area (Å²) in [5.41, 5.74) is 0. The van der Waals surface area contributed by atoms with Gasteiger partial charge in [-0.1, -0.05) is 6.92 Å². The molecule has 3 heteroatoms. The van der Waals surface area contributed by atoms with Gasteiger partial charge in [-0.15, -0.1) is 0 Å². The molecule has 0 amide bonds. The number of aliphatic carboxylic acids is 1. The quantitative estimate of drug-likeness (QED) is 0.620. The van der Waals surface area contributed by atoms with Crippen LogP contribution < -0.4 is 5.32 Å². The van der Waals surface area contributed by atoms with Crippen molar-refractivity contribution in [3.05, 3.63) is 0 Å². The van der Waals surface area contributed by atoms with Crippen molar-refractivity contribution < 1.29 is 9.90 Å². The molecule has 2 unspecified atom stereocenters. The van der Waals surface area contributed by atoms with E-state index in [4.69, 9.17) is 5.11 Å². The lowest BCUT2D eigenvalue weighted by atomic mass is 9.86. The lowest BCUT2D eigenvalue weighted by molar-refractivity contribution is -0.138. The Morgan fingerprint density at radius 3 is 3.00 bits per heavy atom. The molecule has 1 rings (SSSR count). The summed E-state index contributed by atoms with van der Waals surface area (Å²) >= 11 is 0. The molecule has 0 spiro atoms. The molecule has 0 aliphatic carbocycles. The van der Waals surface area contributed by atoms with Crippen molar-refractivity contribution in [2.45, 2.75) is 19.8 Å². The Bertz CT molecular complexity index is 147. The smallest absolute Gasteiger partial charge is 0.303 e. The van der Waals surface area contributed by atoms with Gasteiger partial charge in [0.1, 0.15) is 0 Å². The Morgan fingerprint density at radius 1 is 1.73 bits per heavy atom. The van der Waals surface area contributed by atoms with Gasteiger partial charge in [0.25, 0.3) is 0 Å². The van der Waals surface area contributed by atoms with Gasteiger partial charge in [0.05, 0.1) is 0 Å². The van der Waals surface area contributed by atoms with Gasteiger partial charge in [0, 0.05) is 6.42 Å². The van der Waals surface area contributed by atoms with Gasteiger partial charge < -0.3 is 10.4 Å². The highest BCUT2D eigenvalue weighted by molar-refractivity contribution is 5.67. The molecule has 0 radical (unpaired) electrons. The van der Waals surface area contributed by atoms with Crippen molar-refractivity contribution in [2.24, 2.45) is 11.8 Å². The number of piperidine rings is 1. The van der Waals surface area contributed by atoms with Crippen molar-refractivity contribution in [1.82, 2.24) is 5.32 Å². The van der Waals surface area contributed by atoms with Crippen LogP contribution in [0, 0.1) is 11.8 Å². The van der Waals surface area contributed by atoms with Crippen LogP contribution in [-0.2, 0) is 4.79 Å². The van der Waals surface area contributed by atoms with E-state index in [-0.39, 0.29) is 0 Å². The zero-order valence-electron chi connectivity index (χ0n) is 6.84. The lowest BCUT2D eigenvalue weighted by Gasteiger charge is -2.28. The van der Waals surface area contributed by atoms with Crippen LogP contribution in [0.2, 0.25) is 0 Å². The topological polar surface area (TPSA) is 49.3 Å². The Hall–Kier alpha value is -0.570. The van der Waals surface area contributed by atoms with Gasteiger partial charge in [0.2, 0.25) is 0 Å². The van der Waals surface area contributed by atoms with Crippen LogP contribution in [-0.4, -0.2) is 24.2 Å². The molecule has 0 aromatic carbocycles. The van der Waals surface area contributed by atoms with Crippen molar-refractivity contribution in [3.63, 3.8) is 0 Å². The zero-order valence-corrected chi connectivity index (χ0v) is 6.84. The lowest BCUT2D eigenvalue weighted by Crippen LogP contribution is -2.36. The number of hydrogen-bond acceptors (Lipinski definition) is 2. The SMILES string of the molecule is CC1CCNCC1CC(=O)O. The van der Waals surface area contributed by atoms with Crippen LogP contribution in [0.1, 0.15) is 19.8 Å². The maximum absolute atomic E-state index is 10.4. The fraction of sp³-hybridized carbons (Fsp3) is 0.875. The molecule has 1 heterocycles. The summed E-state index contributed by atoms with van der Waals surface area (Å²) in [5, 5.41) is 11.8. The molecule has 2 N–H and O–H groups in total. The van der Waals surface area contributed by atoms with Gasteiger partial charge in [-0.05, 0) is 31.3 Å². The Labute approximate surface area is 66.8 Å². The summed E-state index contributed by atoms with van der Waals surface area (Å²) < 4.78 is 0. The summed E-state index contributed by atoms with van der Waals surface area (Å²) in [5.74, 6) is 0.221. The molecular formula is C8H15NO2. The zero-order chi connectivity index (χ0) is 8.27. The van der Waals surface area contributed by atoms with Crippen LogP contribution in [0.3, 0.4) is 0 Å². The predicted molar refractivity (Wildman–Crippen MR) is 42.4 cm³/mol. The normalized spacial score (nSPS) is 31.7. The molecule has 1 fully saturated rings. The standard InChI is InChI=1S/C8H15NO2/c1-6-2-3-9-5-7(6)4-8(10)11/h6-7,9H,2-5H2,1H3,(H,10,11). The van der Waals surface area contributed by atoms with Crippen molar-refractivity contribution in [2.75, 3.05) is 13.1 Å². The van der Waals surface area contributed by atoms with E-state index in [9.17, 15) is 4.79 Å². The molecule has 0 saturated carbocycles. The summed E-state index contributed by atoms with van der Waals surface area (Å²) in [6.45, 7) is 4.04. The molecular weight excluding hydrogens is 142 g/mol. The predicted octanol–water partition coefficient (Wildman–Crippen LogP) is 0.707. The van der Waals surface area contributed by atoms with Crippen molar-refractivity contribution in [1.29, 1.82) is 0 Å². The second-order valence-electron chi connectivity index (χ2n) is 3.33. The van der Waals surface area contributed by atoms with E-state index in [1.165, 1.54) is 0 Å². The molecule has 0 aromatic rings. The second kappa shape index (κ2) is 3.72. The first-order chi connectivity index (χ1) is 5.20. The maximum atomic E-state index is 10.4. The molecule has 1 aliphatic heterocycles. The molecule has 0 bridgehead atoms. The third-order valence-electron chi connectivity index (χ3n) is 2.42. The number of carboxylic acids is 1. The van der Waals surface area contributed by atoms with E-state index in [0.717, 1.165) is 19.5 Å². The number of nitrogens with one attached hydrogen (secondary N) is 1. The van der Waals surface area contributed by atoms with Crippen molar-refractivity contribution >= 4 is 5.97 Å². The van der Waals surface area contributed by atoms with Crippen LogP contribution in [0.4, 0.5) is 0 Å². The number of carbonyl (C=O) groups is 1. The fourth-order valence-electron chi connectivity index (χ4n) is 1.55. The third kappa shape index (κ3) is 2.50. The van der Waals surface area contributed by atoms with E-state index in [1.807, 2.05) is 0 Å². The highest BCUT2D eigenvalue weighted by Gasteiger charge is 2.22. The van der Waals surface area contributed by atoms with Gasteiger partial charge in [-0.2, -0.15) is 0 Å². The molecule has 1 aliphatic rings. The van der Waals surface area contributed by atoms with E-state index in [0.29, 0.717) is 18.3 Å². The minimum atomic E-state index is -0.675. The summed E-state index contributed by atoms with van der Waals surface area (Å²) in [6, 6.07) is 0. The Balaban J connectivity index is 2.35. The molecule has 64 valence electrons. The highest BCUT2D eigenvalue weighted by atomic mass is 16.4. The number of carboxylic acid groups (broad SMARTS) is 1. The first kappa shape index (κ1) is 8.53. The number of rotatable bonds is 2. The van der Waals surface area contributed by atoms with E-state index >= 15 is 0 Å². The Kier molecular flexibility index (Phi) is 2.88. The van der Waals surface area contributed by atoms with Crippen LogP contribution in [0.5, 0.6) is 0 Å². The van der Waals surface area contributed by atoms with E-state index in [1.54, 1.807) is 0 Å². The summed E-state index contributed by atoms with van der Waals surface area (Å²) in [4.78, 5) is 10.4. The first-order valence-electron chi connectivity index (χ1n) is 4.12. The largest absolute Gasteiger partial charge is 0.481 e. The summed E-state index contributed by atoms with van der Waals surface area (Å²) in [7, 11) is 0. The number of hydrogen-bond donors (Lipinski definition) is 2. The van der Waals surface area contributed by atoms with E-state index in [2.05, 4.69) is 12.2 Å². The molecule has 0 aromatic heterocycles. The first-order valence-corrected chi connectivity index (χ1v) is 4.12. The maximum Gasteiger partial charge on any atom is 0.303 e. The second-order valence-corrected chi connectivity index (χ2v) is 3.33.